The minimum atomic E-state index is 0.829. The monoisotopic (exact) mass is 348 g/mol. The number of hydrogen-bond donors (Lipinski definition) is 0. The van der Waals surface area contributed by atoms with Gasteiger partial charge in [0, 0.05) is 9.80 Å². The highest BCUT2D eigenvalue weighted by atomic mass is 79.9. The van der Waals surface area contributed by atoms with E-state index in [1.165, 1.54) is 25.7 Å². The Morgan fingerprint density at radius 3 is 2.19 bits per heavy atom. The molecule has 0 bridgehead atoms. The van der Waals surface area contributed by atoms with E-state index in [1.807, 2.05) is 24.3 Å². The van der Waals surface area contributed by atoms with Crippen LogP contribution in [0.15, 0.2) is 28.7 Å². The minimum Gasteiger partial charge on any atom is -0.494 e. The van der Waals surface area contributed by atoms with Crippen LogP contribution in [0.4, 0.5) is 0 Å². The summed E-state index contributed by atoms with van der Waals surface area (Å²) in [4.78, 5) is 0. The molecule has 0 aliphatic carbocycles. The highest BCUT2D eigenvalue weighted by Crippen LogP contribution is 2.16. The molecule has 0 N–H and O–H groups in total. The Hall–Kier alpha value is -0.0200. The van der Waals surface area contributed by atoms with Gasteiger partial charge in [-0.05, 0) is 37.1 Å². The number of rotatable bonds is 8. The lowest BCUT2D eigenvalue weighted by atomic mass is 10.2. The normalized spacial score (nSPS) is 10.4. The summed E-state index contributed by atoms with van der Waals surface area (Å²) < 4.78 is 6.73. The smallest absolute Gasteiger partial charge is 0.119 e. The average Bonchev–Trinajstić information content (AvgIpc) is 2.30. The van der Waals surface area contributed by atoms with Gasteiger partial charge in [-0.25, -0.2) is 0 Å². The molecular weight excluding hydrogens is 332 g/mol. The Morgan fingerprint density at radius 2 is 1.50 bits per heavy atom. The molecule has 1 rings (SSSR count). The molecular formula is C13H18Br2O. The standard InChI is InChI=1S/C13H18Br2O/c14-10-4-2-1-3-5-11-16-13-8-6-12(15)7-9-13/h6-9H,1-5,10-11H2. The maximum Gasteiger partial charge on any atom is 0.119 e. The second-order valence-corrected chi connectivity index (χ2v) is 5.47. The topological polar surface area (TPSA) is 9.23 Å². The Morgan fingerprint density at radius 1 is 0.875 bits per heavy atom. The fraction of sp³-hybridized carbons (Fsp3) is 0.538. The van der Waals surface area contributed by atoms with E-state index in [0.717, 1.165) is 28.6 Å². The predicted molar refractivity (Wildman–Crippen MR) is 76.5 cm³/mol. The van der Waals surface area contributed by atoms with E-state index >= 15 is 0 Å². The Kier molecular flexibility index (Phi) is 7.95. The minimum absolute atomic E-state index is 0.829. The molecule has 90 valence electrons. The summed E-state index contributed by atoms with van der Waals surface area (Å²) >= 11 is 6.84. The van der Waals surface area contributed by atoms with Crippen molar-refractivity contribution in [2.75, 3.05) is 11.9 Å². The van der Waals surface area contributed by atoms with E-state index in [2.05, 4.69) is 31.9 Å². The van der Waals surface area contributed by atoms with Crippen molar-refractivity contribution in [1.29, 1.82) is 0 Å². The molecule has 0 aliphatic heterocycles. The zero-order valence-corrected chi connectivity index (χ0v) is 12.6. The highest BCUT2D eigenvalue weighted by Gasteiger charge is 1.94. The largest absolute Gasteiger partial charge is 0.494 e. The molecule has 0 amide bonds. The van der Waals surface area contributed by atoms with Gasteiger partial charge in [-0.3, -0.25) is 0 Å². The first-order valence-electron chi connectivity index (χ1n) is 5.77. The van der Waals surface area contributed by atoms with Crippen molar-refractivity contribution in [2.45, 2.75) is 32.1 Å². The third kappa shape index (κ3) is 6.54. The molecule has 0 spiro atoms. The van der Waals surface area contributed by atoms with Crippen LogP contribution < -0.4 is 4.74 Å². The van der Waals surface area contributed by atoms with E-state index in [1.54, 1.807) is 0 Å². The number of unbranched alkanes of at least 4 members (excludes halogenated alkanes) is 4. The summed E-state index contributed by atoms with van der Waals surface area (Å²) in [6, 6.07) is 8.00. The van der Waals surface area contributed by atoms with Crippen LogP contribution in [0, 0.1) is 0 Å². The van der Waals surface area contributed by atoms with Crippen LogP contribution in [-0.4, -0.2) is 11.9 Å². The Bertz CT molecular complexity index is 272. The van der Waals surface area contributed by atoms with E-state index in [-0.39, 0.29) is 0 Å². The van der Waals surface area contributed by atoms with Crippen molar-refractivity contribution in [3.8, 4) is 5.75 Å². The van der Waals surface area contributed by atoms with Crippen LogP contribution in [0.1, 0.15) is 32.1 Å². The summed E-state index contributed by atoms with van der Waals surface area (Å²) in [6.07, 6.45) is 6.34. The average molecular weight is 350 g/mol. The Balaban J connectivity index is 2.01. The van der Waals surface area contributed by atoms with Gasteiger partial charge in [0.25, 0.3) is 0 Å². The second-order valence-electron chi connectivity index (χ2n) is 3.76. The lowest BCUT2D eigenvalue weighted by Crippen LogP contribution is -1.97. The molecule has 0 heterocycles. The lowest BCUT2D eigenvalue weighted by Gasteiger charge is -2.05. The van der Waals surface area contributed by atoms with Gasteiger partial charge < -0.3 is 4.74 Å². The maximum atomic E-state index is 5.64. The number of alkyl halides is 1. The number of ether oxygens (including phenoxy) is 1. The third-order valence-electron chi connectivity index (χ3n) is 2.36. The van der Waals surface area contributed by atoms with Crippen molar-refractivity contribution in [2.24, 2.45) is 0 Å². The van der Waals surface area contributed by atoms with Gasteiger partial charge in [-0.2, -0.15) is 0 Å². The van der Waals surface area contributed by atoms with Crippen LogP contribution in [0.2, 0.25) is 0 Å². The van der Waals surface area contributed by atoms with Gasteiger partial charge in [0.15, 0.2) is 0 Å². The fourth-order valence-corrected chi connectivity index (χ4v) is 2.11. The number of hydrogen-bond acceptors (Lipinski definition) is 1. The lowest BCUT2D eigenvalue weighted by molar-refractivity contribution is 0.304. The van der Waals surface area contributed by atoms with Crippen LogP contribution in [-0.2, 0) is 0 Å². The second kappa shape index (κ2) is 9.06. The zero-order valence-electron chi connectivity index (χ0n) is 9.42. The SMILES string of the molecule is BrCCCCCCCOc1ccc(Br)cc1. The maximum absolute atomic E-state index is 5.64. The first-order chi connectivity index (χ1) is 7.83. The molecule has 1 aromatic carbocycles. The molecule has 0 unspecified atom stereocenters. The quantitative estimate of drug-likeness (QED) is 0.464. The molecule has 0 aliphatic rings. The predicted octanol–water partition coefficient (Wildman–Crippen LogP) is 5.17. The Labute approximate surface area is 115 Å². The molecule has 16 heavy (non-hydrogen) atoms. The van der Waals surface area contributed by atoms with Crippen molar-refractivity contribution >= 4 is 31.9 Å². The van der Waals surface area contributed by atoms with Crippen LogP contribution >= 0.6 is 31.9 Å². The number of benzene rings is 1. The van der Waals surface area contributed by atoms with Gasteiger partial charge in [-0.1, -0.05) is 51.1 Å². The van der Waals surface area contributed by atoms with E-state index < -0.39 is 0 Å². The highest BCUT2D eigenvalue weighted by molar-refractivity contribution is 9.10. The van der Waals surface area contributed by atoms with E-state index in [9.17, 15) is 0 Å². The van der Waals surface area contributed by atoms with Crippen molar-refractivity contribution < 1.29 is 4.74 Å². The summed E-state index contributed by atoms with van der Waals surface area (Å²) in [5.41, 5.74) is 0. The van der Waals surface area contributed by atoms with Crippen molar-refractivity contribution in [3.63, 3.8) is 0 Å². The third-order valence-corrected chi connectivity index (χ3v) is 3.45. The van der Waals surface area contributed by atoms with Gasteiger partial charge in [0.1, 0.15) is 5.75 Å². The summed E-state index contributed by atoms with van der Waals surface area (Å²) in [5, 5.41) is 1.13. The zero-order chi connectivity index (χ0) is 11.6. The molecule has 1 aromatic rings. The summed E-state index contributed by atoms with van der Waals surface area (Å²) in [6.45, 7) is 0.829. The number of halogens is 2. The molecule has 0 aromatic heterocycles. The van der Waals surface area contributed by atoms with Gasteiger partial charge >= 0.3 is 0 Å². The molecule has 0 radical (unpaired) electrons. The molecule has 0 saturated heterocycles. The molecule has 3 heteroatoms. The molecule has 0 saturated carbocycles. The summed E-state index contributed by atoms with van der Waals surface area (Å²) in [7, 11) is 0. The fourth-order valence-electron chi connectivity index (χ4n) is 1.45. The van der Waals surface area contributed by atoms with Gasteiger partial charge in [0.2, 0.25) is 0 Å². The van der Waals surface area contributed by atoms with Gasteiger partial charge in [-0.15, -0.1) is 0 Å². The first kappa shape index (κ1) is 14.0. The summed E-state index contributed by atoms with van der Waals surface area (Å²) in [5.74, 6) is 0.962. The van der Waals surface area contributed by atoms with Crippen LogP contribution in [0.3, 0.4) is 0 Å². The van der Waals surface area contributed by atoms with E-state index in [0.29, 0.717) is 0 Å². The van der Waals surface area contributed by atoms with Gasteiger partial charge in [0.05, 0.1) is 6.61 Å². The van der Waals surface area contributed by atoms with Crippen molar-refractivity contribution in [3.05, 3.63) is 28.7 Å². The van der Waals surface area contributed by atoms with Crippen LogP contribution in [0.5, 0.6) is 5.75 Å². The molecule has 1 nitrogen and oxygen atoms in total. The molecule has 0 atom stereocenters. The first-order valence-corrected chi connectivity index (χ1v) is 7.68. The van der Waals surface area contributed by atoms with Crippen molar-refractivity contribution in [1.82, 2.24) is 0 Å². The van der Waals surface area contributed by atoms with E-state index in [4.69, 9.17) is 4.74 Å². The molecule has 0 fully saturated rings. The van der Waals surface area contributed by atoms with Crippen LogP contribution in [0.25, 0.3) is 0 Å².